The molecule has 5 heteroatoms. The molecule has 0 saturated carbocycles. The van der Waals surface area contributed by atoms with E-state index in [9.17, 15) is 0 Å². The van der Waals surface area contributed by atoms with Crippen molar-refractivity contribution in [2.24, 2.45) is 0 Å². The van der Waals surface area contributed by atoms with Crippen LogP contribution in [0.2, 0.25) is 0 Å². The van der Waals surface area contributed by atoms with Crippen molar-refractivity contribution in [1.29, 1.82) is 5.26 Å². The number of pyridine rings is 2. The van der Waals surface area contributed by atoms with Crippen LogP contribution in [0.3, 0.4) is 0 Å². The highest BCUT2D eigenvalue weighted by atomic mass is 79.9. The van der Waals surface area contributed by atoms with Crippen LogP contribution >= 0.6 is 15.9 Å². The first-order valence-electron chi connectivity index (χ1n) is 5.73. The molecule has 0 aliphatic rings. The summed E-state index contributed by atoms with van der Waals surface area (Å²) in [5, 5.41) is 9.02. The molecule has 3 heterocycles. The number of halogens is 1. The number of aromatic nitrogens is 3. The molecule has 4 nitrogen and oxygen atoms in total. The lowest BCUT2D eigenvalue weighted by Crippen LogP contribution is -1.93. The van der Waals surface area contributed by atoms with Gasteiger partial charge in [0.15, 0.2) is 0 Å². The Kier molecular flexibility index (Phi) is 3.02. The molecule has 0 aliphatic carbocycles. The average molecular weight is 313 g/mol. The molecule has 0 aliphatic heterocycles. The van der Waals surface area contributed by atoms with Crippen LogP contribution in [-0.4, -0.2) is 14.4 Å². The van der Waals surface area contributed by atoms with E-state index in [1.165, 1.54) is 0 Å². The molecule has 0 N–H and O–H groups in total. The molecule has 3 aromatic rings. The Labute approximate surface area is 118 Å². The van der Waals surface area contributed by atoms with Gasteiger partial charge in [0.1, 0.15) is 5.65 Å². The van der Waals surface area contributed by atoms with Crippen LogP contribution in [0.5, 0.6) is 0 Å². The molecule has 0 aromatic carbocycles. The average Bonchev–Trinajstić information content (AvgIpc) is 2.79. The highest BCUT2D eigenvalue weighted by Crippen LogP contribution is 2.25. The Morgan fingerprint density at radius 3 is 2.95 bits per heavy atom. The predicted octanol–water partition coefficient (Wildman–Crippen LogP) is 3.22. The Morgan fingerprint density at radius 1 is 1.32 bits per heavy atom. The second-order valence-electron chi connectivity index (χ2n) is 4.06. The third-order valence-corrected chi connectivity index (χ3v) is 3.33. The Balaban J connectivity index is 2.30. The topological polar surface area (TPSA) is 54.0 Å². The van der Waals surface area contributed by atoms with Gasteiger partial charge in [-0.25, -0.2) is 4.98 Å². The fourth-order valence-electron chi connectivity index (χ4n) is 2.05. The monoisotopic (exact) mass is 312 g/mol. The number of hydrogen-bond donors (Lipinski definition) is 0. The van der Waals surface area contributed by atoms with Gasteiger partial charge in [-0.3, -0.25) is 4.98 Å². The van der Waals surface area contributed by atoms with E-state index in [-0.39, 0.29) is 0 Å². The van der Waals surface area contributed by atoms with E-state index in [1.54, 1.807) is 12.4 Å². The first-order valence-corrected chi connectivity index (χ1v) is 6.53. The summed E-state index contributed by atoms with van der Waals surface area (Å²) in [6.45, 7) is 0. The number of hydrogen-bond acceptors (Lipinski definition) is 3. The van der Waals surface area contributed by atoms with E-state index >= 15 is 0 Å². The second kappa shape index (κ2) is 4.82. The van der Waals surface area contributed by atoms with Crippen molar-refractivity contribution in [3.8, 4) is 17.3 Å². The standard InChI is InChI=1S/C14H9BrN4/c15-11-3-4-13-18-14(10-2-1-7-17-8-10)12(5-6-16)19(13)9-11/h1-4,7-9H,5H2. The van der Waals surface area contributed by atoms with E-state index in [2.05, 4.69) is 32.0 Å². The molecule has 19 heavy (non-hydrogen) atoms. The molecule has 3 rings (SSSR count). The number of nitriles is 1. The van der Waals surface area contributed by atoms with Crippen molar-refractivity contribution in [3.63, 3.8) is 0 Å². The van der Waals surface area contributed by atoms with Gasteiger partial charge in [0.25, 0.3) is 0 Å². The molecule has 0 unspecified atom stereocenters. The smallest absolute Gasteiger partial charge is 0.137 e. The van der Waals surface area contributed by atoms with Crippen LogP contribution < -0.4 is 0 Å². The zero-order valence-corrected chi connectivity index (χ0v) is 11.5. The highest BCUT2D eigenvalue weighted by molar-refractivity contribution is 9.10. The van der Waals surface area contributed by atoms with Crippen molar-refractivity contribution >= 4 is 21.6 Å². The highest BCUT2D eigenvalue weighted by Gasteiger charge is 2.13. The lowest BCUT2D eigenvalue weighted by atomic mass is 10.1. The molecule has 0 bridgehead atoms. The lowest BCUT2D eigenvalue weighted by Gasteiger charge is -2.01. The molecule has 0 amide bonds. The van der Waals surface area contributed by atoms with Crippen molar-refractivity contribution in [1.82, 2.24) is 14.4 Å². The van der Waals surface area contributed by atoms with E-state index in [0.29, 0.717) is 6.42 Å². The zero-order valence-electron chi connectivity index (χ0n) is 9.92. The van der Waals surface area contributed by atoms with Crippen LogP contribution in [0.1, 0.15) is 5.69 Å². The minimum Gasteiger partial charge on any atom is -0.301 e. The number of rotatable bonds is 2. The summed E-state index contributed by atoms with van der Waals surface area (Å²) in [5.74, 6) is 0. The SMILES string of the molecule is N#CCc1c(-c2cccnc2)nc2ccc(Br)cn12. The summed E-state index contributed by atoms with van der Waals surface area (Å²) in [7, 11) is 0. The van der Waals surface area contributed by atoms with E-state index in [4.69, 9.17) is 5.26 Å². The Bertz CT molecular complexity index is 771. The van der Waals surface area contributed by atoms with Crippen LogP contribution in [0.15, 0.2) is 47.3 Å². The van der Waals surface area contributed by atoms with Gasteiger partial charge >= 0.3 is 0 Å². The zero-order chi connectivity index (χ0) is 13.2. The fraction of sp³-hybridized carbons (Fsp3) is 0.0714. The fourth-order valence-corrected chi connectivity index (χ4v) is 2.38. The summed E-state index contributed by atoms with van der Waals surface area (Å²) >= 11 is 3.44. The maximum Gasteiger partial charge on any atom is 0.137 e. The van der Waals surface area contributed by atoms with Crippen LogP contribution in [0, 0.1) is 11.3 Å². The van der Waals surface area contributed by atoms with Gasteiger partial charge in [-0.05, 0) is 40.2 Å². The van der Waals surface area contributed by atoms with E-state index in [0.717, 1.165) is 27.1 Å². The maximum atomic E-state index is 9.02. The van der Waals surface area contributed by atoms with Crippen molar-refractivity contribution in [2.45, 2.75) is 6.42 Å². The van der Waals surface area contributed by atoms with Crippen molar-refractivity contribution in [3.05, 3.63) is 53.0 Å². The van der Waals surface area contributed by atoms with Gasteiger partial charge < -0.3 is 4.40 Å². The molecule has 3 aromatic heterocycles. The van der Waals surface area contributed by atoms with E-state index in [1.807, 2.05) is 34.9 Å². The summed E-state index contributed by atoms with van der Waals surface area (Å²) in [4.78, 5) is 8.70. The van der Waals surface area contributed by atoms with Crippen LogP contribution in [0.4, 0.5) is 0 Å². The minimum atomic E-state index is 0.307. The quantitative estimate of drug-likeness (QED) is 0.730. The van der Waals surface area contributed by atoms with Gasteiger partial charge in [0.05, 0.1) is 23.9 Å². The molecule has 0 radical (unpaired) electrons. The summed E-state index contributed by atoms with van der Waals surface area (Å²) in [6.07, 6.45) is 5.72. The van der Waals surface area contributed by atoms with Gasteiger partial charge in [-0.15, -0.1) is 0 Å². The third-order valence-electron chi connectivity index (χ3n) is 2.86. The van der Waals surface area contributed by atoms with Gasteiger partial charge in [0.2, 0.25) is 0 Å². The predicted molar refractivity (Wildman–Crippen MR) is 75.4 cm³/mol. The molecule has 92 valence electrons. The van der Waals surface area contributed by atoms with Crippen LogP contribution in [-0.2, 0) is 6.42 Å². The van der Waals surface area contributed by atoms with Crippen molar-refractivity contribution in [2.75, 3.05) is 0 Å². The Hall–Kier alpha value is -2.19. The normalized spacial score (nSPS) is 10.5. The molecule has 0 fully saturated rings. The molecule has 0 atom stereocenters. The Morgan fingerprint density at radius 2 is 2.21 bits per heavy atom. The molecular weight excluding hydrogens is 304 g/mol. The lowest BCUT2D eigenvalue weighted by molar-refractivity contribution is 1.05. The largest absolute Gasteiger partial charge is 0.301 e. The van der Waals surface area contributed by atoms with Gasteiger partial charge in [-0.2, -0.15) is 5.26 Å². The maximum absolute atomic E-state index is 9.02. The van der Waals surface area contributed by atoms with Crippen molar-refractivity contribution < 1.29 is 0 Å². The van der Waals surface area contributed by atoms with E-state index < -0.39 is 0 Å². The number of imidazole rings is 1. The third kappa shape index (κ3) is 2.11. The minimum absolute atomic E-state index is 0.307. The molecule has 0 spiro atoms. The number of fused-ring (bicyclic) bond motifs is 1. The summed E-state index contributed by atoms with van der Waals surface area (Å²) < 4.78 is 2.89. The molecular formula is C14H9BrN4. The first-order chi connectivity index (χ1) is 9.29. The first kappa shape index (κ1) is 11.9. The number of nitrogens with zero attached hydrogens (tertiary/aromatic N) is 4. The van der Waals surface area contributed by atoms with Crippen LogP contribution in [0.25, 0.3) is 16.9 Å². The summed E-state index contributed by atoms with van der Waals surface area (Å²) in [6, 6.07) is 9.87. The second-order valence-corrected chi connectivity index (χ2v) is 4.97. The summed E-state index contributed by atoms with van der Waals surface area (Å²) in [5.41, 5.74) is 3.44. The van der Waals surface area contributed by atoms with Gasteiger partial charge in [0, 0.05) is 28.6 Å². The van der Waals surface area contributed by atoms with Gasteiger partial charge in [-0.1, -0.05) is 0 Å². The molecule has 0 saturated heterocycles.